The molecule has 1 heteroatoms. The summed E-state index contributed by atoms with van der Waals surface area (Å²) >= 11 is 0. The smallest absolute Gasteiger partial charge is 0.0714 e. The van der Waals surface area contributed by atoms with Gasteiger partial charge in [0.05, 0.1) is 5.41 Å². The van der Waals surface area contributed by atoms with E-state index in [0.29, 0.717) is 0 Å². The van der Waals surface area contributed by atoms with Crippen molar-refractivity contribution in [3.8, 4) is 33.4 Å². The van der Waals surface area contributed by atoms with E-state index in [9.17, 15) is 0 Å². The van der Waals surface area contributed by atoms with Crippen LogP contribution in [0.5, 0.6) is 0 Å². The first kappa shape index (κ1) is 37.1. The summed E-state index contributed by atoms with van der Waals surface area (Å²) in [6, 6.07) is 84.6. The third-order valence-electron chi connectivity index (χ3n) is 15.1. The predicted octanol–water partition coefficient (Wildman–Crippen LogP) is 16.7. The van der Waals surface area contributed by atoms with Crippen molar-refractivity contribution in [3.63, 3.8) is 0 Å². The minimum atomic E-state index is -0.497. The molecular weight excluding hydrogens is 771 g/mol. The van der Waals surface area contributed by atoms with Gasteiger partial charge in [0.15, 0.2) is 0 Å². The molecule has 0 bridgehead atoms. The first-order valence-corrected chi connectivity index (χ1v) is 23.1. The van der Waals surface area contributed by atoms with Crippen LogP contribution < -0.4 is 4.90 Å². The summed E-state index contributed by atoms with van der Waals surface area (Å²) in [4.78, 5) is 2.48. The van der Waals surface area contributed by atoms with Crippen LogP contribution in [0.4, 0.5) is 17.1 Å². The Morgan fingerprint density at radius 2 is 0.875 bits per heavy atom. The molecule has 1 spiro atoms. The number of hydrogen-bond acceptors (Lipinski definition) is 1. The Morgan fingerprint density at radius 1 is 0.328 bits per heavy atom. The van der Waals surface area contributed by atoms with Crippen molar-refractivity contribution in [1.82, 2.24) is 0 Å². The highest BCUT2D eigenvalue weighted by molar-refractivity contribution is 6.08. The van der Waals surface area contributed by atoms with E-state index in [0.717, 1.165) is 17.1 Å². The van der Waals surface area contributed by atoms with E-state index in [1.165, 1.54) is 115 Å². The van der Waals surface area contributed by atoms with Gasteiger partial charge in [0.25, 0.3) is 0 Å². The van der Waals surface area contributed by atoms with Gasteiger partial charge in [-0.25, -0.2) is 0 Å². The Balaban J connectivity index is 1.01. The Labute approximate surface area is 375 Å². The summed E-state index contributed by atoms with van der Waals surface area (Å²) in [7, 11) is 0. The molecule has 0 atom stereocenters. The van der Waals surface area contributed by atoms with Gasteiger partial charge in [-0.15, -0.1) is 0 Å². The van der Waals surface area contributed by atoms with Crippen LogP contribution in [-0.2, 0) is 10.8 Å². The van der Waals surface area contributed by atoms with Crippen molar-refractivity contribution in [2.45, 2.75) is 42.9 Å². The maximum absolute atomic E-state index is 2.49. The lowest BCUT2D eigenvalue weighted by Crippen LogP contribution is -2.28. The molecule has 1 nitrogen and oxygen atoms in total. The topological polar surface area (TPSA) is 3.24 Å². The minimum Gasteiger partial charge on any atom is -0.310 e. The van der Waals surface area contributed by atoms with Crippen molar-refractivity contribution in [3.05, 3.63) is 258 Å². The molecular formula is C63H47N. The number of hydrogen-bond donors (Lipinski definition) is 0. The fourth-order valence-electron chi connectivity index (χ4n) is 12.4. The van der Waals surface area contributed by atoms with Crippen molar-refractivity contribution in [2.75, 3.05) is 4.90 Å². The van der Waals surface area contributed by atoms with Gasteiger partial charge in [-0.1, -0.05) is 207 Å². The summed E-state index contributed by atoms with van der Waals surface area (Å²) in [5, 5.41) is 5.04. The van der Waals surface area contributed by atoms with Crippen LogP contribution in [0.25, 0.3) is 54.9 Å². The quantitative estimate of drug-likeness (QED) is 0.151. The fraction of sp³-hybridized carbons (Fsp3) is 0.111. The zero-order chi connectivity index (χ0) is 42.2. The molecule has 3 aliphatic carbocycles. The minimum absolute atomic E-state index is 0.0761. The second-order valence-electron chi connectivity index (χ2n) is 18.2. The summed E-state index contributed by atoms with van der Waals surface area (Å²) in [6.45, 7) is 0. The zero-order valence-corrected chi connectivity index (χ0v) is 35.8. The predicted molar refractivity (Wildman–Crippen MR) is 268 cm³/mol. The number of nitrogens with zero attached hydrogens (tertiary/aromatic N) is 1. The van der Waals surface area contributed by atoms with E-state index in [4.69, 9.17) is 0 Å². The summed E-state index contributed by atoms with van der Waals surface area (Å²) < 4.78 is 0. The lowest BCUT2D eigenvalue weighted by Gasteiger charge is -2.37. The Bertz CT molecular complexity index is 3370. The van der Waals surface area contributed by atoms with Gasteiger partial charge in [-0.05, 0) is 138 Å². The van der Waals surface area contributed by atoms with Crippen molar-refractivity contribution >= 4 is 38.6 Å². The molecule has 0 radical (unpaired) electrons. The molecule has 0 aliphatic heterocycles. The van der Waals surface area contributed by atoms with Gasteiger partial charge in [0.1, 0.15) is 0 Å². The van der Waals surface area contributed by atoms with Crippen LogP contribution in [0.1, 0.15) is 65.5 Å². The second kappa shape index (κ2) is 14.5. The van der Waals surface area contributed by atoms with Gasteiger partial charge in [0.2, 0.25) is 0 Å². The molecule has 0 amide bonds. The molecule has 64 heavy (non-hydrogen) atoms. The van der Waals surface area contributed by atoms with Crippen LogP contribution in [0.3, 0.4) is 0 Å². The van der Waals surface area contributed by atoms with Gasteiger partial charge in [-0.2, -0.15) is 0 Å². The average Bonchev–Trinajstić information content (AvgIpc) is 3.82. The lowest BCUT2D eigenvalue weighted by molar-refractivity contribution is 0.353. The normalized spacial score (nSPS) is 15.1. The van der Waals surface area contributed by atoms with Crippen LogP contribution in [0.2, 0.25) is 0 Å². The van der Waals surface area contributed by atoms with E-state index >= 15 is 0 Å². The van der Waals surface area contributed by atoms with Crippen molar-refractivity contribution in [1.29, 1.82) is 0 Å². The molecule has 0 heterocycles. The largest absolute Gasteiger partial charge is 0.310 e. The Hall–Kier alpha value is -7.48. The maximum Gasteiger partial charge on any atom is 0.0714 e. The molecule has 0 unspecified atom stereocenters. The highest BCUT2D eigenvalue weighted by Gasteiger charge is 2.47. The third kappa shape index (κ3) is 5.37. The molecule has 1 saturated carbocycles. The van der Waals surface area contributed by atoms with Gasteiger partial charge in [0, 0.05) is 22.5 Å². The van der Waals surface area contributed by atoms with Gasteiger partial charge < -0.3 is 4.90 Å². The lowest BCUT2D eigenvalue weighted by atomic mass is 9.66. The third-order valence-corrected chi connectivity index (χ3v) is 15.1. The van der Waals surface area contributed by atoms with Crippen LogP contribution in [0, 0.1) is 0 Å². The highest BCUT2D eigenvalue weighted by atomic mass is 15.1. The molecule has 3 aliphatic rings. The monoisotopic (exact) mass is 817 g/mol. The van der Waals surface area contributed by atoms with E-state index in [1.807, 2.05) is 0 Å². The molecule has 0 saturated heterocycles. The first-order chi connectivity index (χ1) is 31.7. The molecule has 10 aromatic carbocycles. The second-order valence-corrected chi connectivity index (χ2v) is 18.2. The maximum atomic E-state index is 2.49. The highest BCUT2D eigenvalue weighted by Crippen LogP contribution is 2.59. The molecule has 304 valence electrons. The molecule has 13 rings (SSSR count). The van der Waals surface area contributed by atoms with Crippen LogP contribution in [0.15, 0.2) is 224 Å². The van der Waals surface area contributed by atoms with Crippen molar-refractivity contribution in [2.24, 2.45) is 0 Å². The Kier molecular flexibility index (Phi) is 8.43. The van der Waals surface area contributed by atoms with Crippen LogP contribution in [-0.4, -0.2) is 0 Å². The number of anilines is 3. The molecule has 1 fully saturated rings. The van der Waals surface area contributed by atoms with Crippen molar-refractivity contribution < 1.29 is 0 Å². The first-order valence-electron chi connectivity index (χ1n) is 23.1. The fourth-order valence-corrected chi connectivity index (χ4v) is 12.4. The van der Waals surface area contributed by atoms with Crippen LogP contribution >= 0.6 is 0 Å². The number of fused-ring (bicyclic) bond motifs is 11. The van der Waals surface area contributed by atoms with E-state index < -0.39 is 5.41 Å². The summed E-state index contributed by atoms with van der Waals surface area (Å²) in [6.07, 6.45) is 6.31. The molecule has 0 aromatic heterocycles. The zero-order valence-electron chi connectivity index (χ0n) is 35.8. The molecule has 0 N–H and O–H groups in total. The standard InChI is InChI=1S/C63H47N/c1-4-18-46(19-5-1)63(47-20-6-2-7-21-47)59-28-13-11-23-54(59)56-38-36-50(42-60(56)63)64(49-35-37-52-45(41-49)30-29-43-17-8-9-22-51(43)52)48-33-31-44(32-34-48)53-25-16-26-57-55-24-10-12-27-58(55)62(61(53)57)39-14-3-15-40-62/h1-2,4-13,16-38,41-42H,3,14-15,39-40H2. The van der Waals surface area contributed by atoms with Gasteiger partial charge in [-0.3, -0.25) is 0 Å². The Morgan fingerprint density at radius 3 is 1.64 bits per heavy atom. The van der Waals surface area contributed by atoms with E-state index in [1.54, 1.807) is 5.56 Å². The average molecular weight is 818 g/mol. The van der Waals surface area contributed by atoms with E-state index in [2.05, 4.69) is 229 Å². The molecule has 10 aromatic rings. The SMILES string of the molecule is c1ccc(C2(c3ccccc3)c3ccccc3-c3ccc(N(c4ccc(-c5cccc6c5C5(CCCCC5)c5ccccc5-6)cc4)c4ccc5c(ccc6ccccc65)c4)cc32)cc1. The number of rotatable bonds is 6. The number of benzene rings is 10. The van der Waals surface area contributed by atoms with Gasteiger partial charge >= 0.3 is 0 Å². The summed E-state index contributed by atoms with van der Waals surface area (Å²) in [5.41, 5.74) is 19.3. The van der Waals surface area contributed by atoms with E-state index in [-0.39, 0.29) is 5.41 Å². The summed E-state index contributed by atoms with van der Waals surface area (Å²) in [5.74, 6) is 0.